The molecule has 554 valence electrons. The largest absolute Gasteiger partial charge is 0.472 e. The van der Waals surface area contributed by atoms with Gasteiger partial charge in [-0.05, 0) is 89.9 Å². The van der Waals surface area contributed by atoms with E-state index in [1.165, 1.54) is 89.9 Å². The molecule has 0 aromatic heterocycles. The Morgan fingerprint density at radius 3 is 0.938 bits per heavy atom. The van der Waals surface area contributed by atoms with Gasteiger partial charge in [0.2, 0.25) is 0 Å². The standard InChI is InChI=1S/C77H134O17P2/c1-5-9-13-17-21-25-29-32-33-34-35-36-37-40-43-46-50-54-58-62-75(80)88-68-73(94-77(82)64-60-56-52-48-44-39-31-27-23-19-15-11-7-3)70-92-96(85,86)90-66-71(78)65-89-95(83,84)91-69-72(93-76(81)63-59-55-51-47-41-28-24-20-16-12-8-4)67-87-74(79)61-57-53-49-45-42-38-30-26-22-18-14-10-6-2/h9,13-14,18,21,25-26,30,32-33,35-36,40,43,50,54,71-73,78H,5-8,10-12,15-17,19-20,22-24,27-29,31,34,37-39,41-42,44-49,51-53,55-70H2,1-4H3,(H,83,84)(H,85,86)/b13-9-,18-14-,25-21-,30-26-,33-32-,36-35-,43-40-,54-50-. The van der Waals surface area contributed by atoms with E-state index in [1.807, 2.05) is 18.2 Å². The van der Waals surface area contributed by atoms with Crippen LogP contribution in [0.25, 0.3) is 0 Å². The lowest BCUT2D eigenvalue weighted by Crippen LogP contribution is -2.30. The van der Waals surface area contributed by atoms with Crippen molar-refractivity contribution in [2.75, 3.05) is 39.6 Å². The molecule has 0 aliphatic rings. The third-order valence-electron chi connectivity index (χ3n) is 15.6. The third kappa shape index (κ3) is 68.5. The summed E-state index contributed by atoms with van der Waals surface area (Å²) in [6.07, 6.45) is 71.4. The number of phosphoric acid groups is 2. The van der Waals surface area contributed by atoms with Gasteiger partial charge >= 0.3 is 39.5 Å². The van der Waals surface area contributed by atoms with E-state index >= 15 is 0 Å². The van der Waals surface area contributed by atoms with Crippen LogP contribution in [0.1, 0.15) is 310 Å². The topological polar surface area (TPSA) is 237 Å². The maximum Gasteiger partial charge on any atom is 0.472 e. The molecule has 0 radical (unpaired) electrons. The molecule has 5 atom stereocenters. The second-order valence-corrected chi connectivity index (χ2v) is 27.8. The number of ether oxygens (including phenoxy) is 4. The van der Waals surface area contributed by atoms with Crippen LogP contribution in [0.15, 0.2) is 97.2 Å². The molecular weight excluding hydrogens is 1260 g/mol. The van der Waals surface area contributed by atoms with Crippen LogP contribution in [-0.2, 0) is 65.4 Å². The smallest absolute Gasteiger partial charge is 0.462 e. The van der Waals surface area contributed by atoms with Crippen molar-refractivity contribution in [2.45, 2.75) is 329 Å². The van der Waals surface area contributed by atoms with Crippen LogP contribution in [0.5, 0.6) is 0 Å². The average molecular weight is 1390 g/mol. The van der Waals surface area contributed by atoms with Crippen molar-refractivity contribution in [1.29, 1.82) is 0 Å². The fourth-order valence-corrected chi connectivity index (χ4v) is 11.5. The van der Waals surface area contributed by atoms with Gasteiger partial charge in [-0.25, -0.2) is 9.13 Å². The average Bonchev–Trinajstić information content (AvgIpc) is 1.17. The van der Waals surface area contributed by atoms with E-state index in [-0.39, 0.29) is 25.7 Å². The number of aliphatic hydroxyl groups excluding tert-OH is 1. The Morgan fingerprint density at radius 2 is 0.583 bits per heavy atom. The van der Waals surface area contributed by atoms with Gasteiger partial charge < -0.3 is 33.8 Å². The number of allylic oxidation sites excluding steroid dienone is 16. The van der Waals surface area contributed by atoms with E-state index in [0.29, 0.717) is 32.1 Å². The molecule has 0 fully saturated rings. The first-order chi connectivity index (χ1) is 46.7. The van der Waals surface area contributed by atoms with E-state index in [4.69, 9.17) is 37.0 Å². The summed E-state index contributed by atoms with van der Waals surface area (Å²) in [4.78, 5) is 72.7. The third-order valence-corrected chi connectivity index (χ3v) is 17.5. The van der Waals surface area contributed by atoms with Crippen LogP contribution in [0.2, 0.25) is 0 Å². The maximum absolute atomic E-state index is 13.1. The highest BCUT2D eigenvalue weighted by Crippen LogP contribution is 2.45. The zero-order chi connectivity index (χ0) is 70.4. The van der Waals surface area contributed by atoms with E-state index in [2.05, 4.69) is 107 Å². The number of carbonyl (C=O) groups excluding carboxylic acids is 4. The number of carbonyl (C=O) groups is 4. The van der Waals surface area contributed by atoms with E-state index in [9.17, 15) is 43.2 Å². The molecule has 0 aromatic rings. The van der Waals surface area contributed by atoms with Gasteiger partial charge in [-0.15, -0.1) is 0 Å². The van der Waals surface area contributed by atoms with Crippen LogP contribution >= 0.6 is 15.6 Å². The number of phosphoric ester groups is 2. The first-order valence-electron chi connectivity index (χ1n) is 37.5. The second kappa shape index (κ2) is 69.5. The van der Waals surface area contributed by atoms with Gasteiger partial charge in [0.1, 0.15) is 19.3 Å². The van der Waals surface area contributed by atoms with Crippen LogP contribution < -0.4 is 0 Å². The van der Waals surface area contributed by atoms with Crippen molar-refractivity contribution >= 4 is 39.5 Å². The number of rotatable bonds is 70. The maximum atomic E-state index is 13.1. The van der Waals surface area contributed by atoms with Crippen LogP contribution in [0.3, 0.4) is 0 Å². The molecule has 0 rings (SSSR count). The molecule has 5 unspecified atom stereocenters. The summed E-state index contributed by atoms with van der Waals surface area (Å²) < 4.78 is 68.3. The Labute approximate surface area is 582 Å². The Bertz CT molecular complexity index is 2200. The molecule has 0 spiro atoms. The van der Waals surface area contributed by atoms with E-state index in [0.717, 1.165) is 135 Å². The minimum absolute atomic E-state index is 0.0380. The lowest BCUT2D eigenvalue weighted by molar-refractivity contribution is -0.161. The molecule has 19 heteroatoms. The van der Waals surface area contributed by atoms with Gasteiger partial charge in [0.25, 0.3) is 0 Å². The molecule has 0 saturated carbocycles. The summed E-state index contributed by atoms with van der Waals surface area (Å²) in [5.74, 6) is -2.27. The second-order valence-electron chi connectivity index (χ2n) is 24.9. The number of aliphatic hydroxyl groups is 1. The van der Waals surface area contributed by atoms with Crippen molar-refractivity contribution in [3.63, 3.8) is 0 Å². The van der Waals surface area contributed by atoms with E-state index < -0.39 is 97.5 Å². The molecule has 0 bridgehead atoms. The van der Waals surface area contributed by atoms with Crippen molar-refractivity contribution in [1.82, 2.24) is 0 Å². The van der Waals surface area contributed by atoms with Gasteiger partial charge in [-0.2, -0.15) is 0 Å². The molecule has 3 N–H and O–H groups in total. The fourth-order valence-electron chi connectivity index (χ4n) is 9.87. The summed E-state index contributed by atoms with van der Waals surface area (Å²) in [6.45, 7) is 4.60. The highest BCUT2D eigenvalue weighted by atomic mass is 31.2. The van der Waals surface area contributed by atoms with Gasteiger partial charge in [0.05, 0.1) is 26.4 Å². The molecule has 0 saturated heterocycles. The van der Waals surface area contributed by atoms with Gasteiger partial charge in [0.15, 0.2) is 12.2 Å². The Hall–Kier alpha value is -4.02. The Kier molecular flexibility index (Phi) is 66.6. The molecule has 0 aliphatic heterocycles. The number of hydrogen-bond donors (Lipinski definition) is 3. The highest BCUT2D eigenvalue weighted by Gasteiger charge is 2.30. The molecule has 17 nitrogen and oxygen atoms in total. The summed E-state index contributed by atoms with van der Waals surface area (Å²) in [7, 11) is -9.96. The monoisotopic (exact) mass is 1390 g/mol. The van der Waals surface area contributed by atoms with E-state index in [1.54, 1.807) is 0 Å². The summed E-state index contributed by atoms with van der Waals surface area (Å²) in [6, 6.07) is 0. The summed E-state index contributed by atoms with van der Waals surface area (Å²) in [5, 5.41) is 10.6. The molecular formula is C77H134O17P2. The van der Waals surface area contributed by atoms with Crippen molar-refractivity contribution < 1.29 is 80.2 Å². The zero-order valence-electron chi connectivity index (χ0n) is 60.3. The molecule has 96 heavy (non-hydrogen) atoms. The summed E-state index contributed by atoms with van der Waals surface area (Å²) >= 11 is 0. The highest BCUT2D eigenvalue weighted by molar-refractivity contribution is 7.47. The first-order valence-corrected chi connectivity index (χ1v) is 40.5. The predicted molar refractivity (Wildman–Crippen MR) is 390 cm³/mol. The summed E-state index contributed by atoms with van der Waals surface area (Å²) in [5.41, 5.74) is 0. The molecule has 0 heterocycles. The molecule has 0 aliphatic carbocycles. The molecule has 0 amide bonds. The lowest BCUT2D eigenvalue weighted by Gasteiger charge is -2.21. The quantitative estimate of drug-likeness (QED) is 0.0169. The fraction of sp³-hybridized carbons (Fsp3) is 0.740. The normalized spacial score (nSPS) is 14.5. The Morgan fingerprint density at radius 1 is 0.302 bits per heavy atom. The number of hydrogen-bond acceptors (Lipinski definition) is 15. The SMILES string of the molecule is CC/C=C\C/C=C\C/C=C\C/C=C\C/C=C\C/C=C\CCC(=O)OCC(COP(=O)(O)OCC(O)COP(=O)(O)OCC(COC(=O)CCCCCCC/C=C\C/C=C\CCC)OC(=O)CCCCCCCCCCCCC)OC(=O)CCCCCCCCCCCCCCC. The van der Waals surface area contributed by atoms with Gasteiger partial charge in [-0.1, -0.05) is 292 Å². The number of unbranched alkanes of at least 4 members (excludes halogenated alkanes) is 28. The van der Waals surface area contributed by atoms with Gasteiger partial charge in [0, 0.05) is 25.7 Å². The van der Waals surface area contributed by atoms with Crippen LogP contribution in [-0.4, -0.2) is 96.7 Å². The van der Waals surface area contributed by atoms with Crippen LogP contribution in [0.4, 0.5) is 0 Å². The zero-order valence-corrected chi connectivity index (χ0v) is 62.1. The minimum atomic E-state index is -4.98. The van der Waals surface area contributed by atoms with Crippen molar-refractivity contribution in [3.05, 3.63) is 97.2 Å². The van der Waals surface area contributed by atoms with Crippen molar-refractivity contribution in [3.8, 4) is 0 Å². The first kappa shape index (κ1) is 92.0. The lowest BCUT2D eigenvalue weighted by atomic mass is 10.0. The predicted octanol–water partition coefficient (Wildman–Crippen LogP) is 21.2. The van der Waals surface area contributed by atoms with Gasteiger partial charge in [-0.3, -0.25) is 37.3 Å². The van der Waals surface area contributed by atoms with Crippen molar-refractivity contribution in [2.24, 2.45) is 0 Å². The molecule has 0 aromatic carbocycles. The Balaban J connectivity index is 5.37. The minimum Gasteiger partial charge on any atom is -0.462 e. The number of esters is 4. The van der Waals surface area contributed by atoms with Crippen LogP contribution in [0, 0.1) is 0 Å².